The van der Waals surface area contributed by atoms with Gasteiger partial charge < -0.3 is 9.47 Å². The Morgan fingerprint density at radius 2 is 1.04 bits per heavy atom. The molecular weight excluding hydrogens is 613 g/mol. The molecule has 2 aromatic heterocycles. The number of fused-ring (bicyclic) bond motifs is 7. The van der Waals surface area contributed by atoms with Crippen LogP contribution in [-0.4, -0.2) is 4.57 Å². The number of rotatable bonds is 5. The minimum atomic E-state index is 1.11. The van der Waals surface area contributed by atoms with Gasteiger partial charge in [-0.2, -0.15) is 0 Å². The van der Waals surface area contributed by atoms with Gasteiger partial charge in [0.25, 0.3) is 0 Å². The van der Waals surface area contributed by atoms with Gasteiger partial charge in [0, 0.05) is 53.7 Å². The quantitative estimate of drug-likeness (QED) is 0.181. The van der Waals surface area contributed by atoms with Crippen molar-refractivity contribution in [3.8, 4) is 16.8 Å². The van der Waals surface area contributed by atoms with Gasteiger partial charge in [-0.05, 0) is 94.7 Å². The summed E-state index contributed by atoms with van der Waals surface area (Å²) < 4.78 is 5.05. The van der Waals surface area contributed by atoms with Crippen LogP contribution in [0.3, 0.4) is 0 Å². The summed E-state index contributed by atoms with van der Waals surface area (Å²) in [7, 11) is 0. The summed E-state index contributed by atoms with van der Waals surface area (Å²) in [6, 6.07) is 66.3. The van der Waals surface area contributed by atoms with Gasteiger partial charge in [-0.1, -0.05) is 109 Å². The lowest BCUT2D eigenvalue weighted by molar-refractivity contribution is 1.18. The van der Waals surface area contributed by atoms with Crippen LogP contribution >= 0.6 is 11.3 Å². The number of hydrogen-bond donors (Lipinski definition) is 0. The number of thiophene rings is 1. The second-order valence-corrected chi connectivity index (χ2v) is 13.7. The monoisotopic (exact) mass is 642 g/mol. The van der Waals surface area contributed by atoms with Crippen molar-refractivity contribution in [2.24, 2.45) is 0 Å². The summed E-state index contributed by atoms with van der Waals surface area (Å²) in [5.74, 6) is 0. The number of nitrogens with zero attached hydrogens (tertiary/aromatic N) is 2. The molecule has 0 spiro atoms. The Balaban J connectivity index is 1.22. The third-order valence-corrected chi connectivity index (χ3v) is 10.9. The zero-order valence-electron chi connectivity index (χ0n) is 26.6. The average molecular weight is 643 g/mol. The Labute approximate surface area is 288 Å². The maximum Gasteiger partial charge on any atom is 0.0561 e. The highest BCUT2D eigenvalue weighted by atomic mass is 32.1. The van der Waals surface area contributed by atoms with Crippen LogP contribution in [0.5, 0.6) is 0 Å². The predicted molar refractivity (Wildman–Crippen MR) is 211 cm³/mol. The van der Waals surface area contributed by atoms with Gasteiger partial charge in [0.05, 0.1) is 11.0 Å². The van der Waals surface area contributed by atoms with Gasteiger partial charge in [0.1, 0.15) is 0 Å². The third kappa shape index (κ3) is 4.62. The molecule has 0 amide bonds. The van der Waals surface area contributed by atoms with E-state index in [0.717, 1.165) is 22.7 Å². The molecule has 10 rings (SSSR count). The van der Waals surface area contributed by atoms with Gasteiger partial charge in [0.2, 0.25) is 0 Å². The third-order valence-electron chi connectivity index (χ3n) is 9.72. The summed E-state index contributed by atoms with van der Waals surface area (Å²) in [6.45, 7) is 0. The molecule has 10 aromatic rings. The van der Waals surface area contributed by atoms with E-state index >= 15 is 0 Å². The first-order valence-electron chi connectivity index (χ1n) is 16.7. The fourth-order valence-corrected chi connectivity index (χ4v) is 8.59. The van der Waals surface area contributed by atoms with E-state index < -0.39 is 0 Å². The zero-order chi connectivity index (χ0) is 32.3. The maximum atomic E-state index is 2.41. The van der Waals surface area contributed by atoms with Crippen molar-refractivity contribution < 1.29 is 0 Å². The minimum Gasteiger partial charge on any atom is -0.310 e. The van der Waals surface area contributed by atoms with Crippen LogP contribution in [0.1, 0.15) is 0 Å². The van der Waals surface area contributed by atoms with E-state index in [0.29, 0.717) is 0 Å². The van der Waals surface area contributed by atoms with Gasteiger partial charge in [0.15, 0.2) is 0 Å². The molecule has 3 heteroatoms. The first-order chi connectivity index (χ1) is 24.3. The summed E-state index contributed by atoms with van der Waals surface area (Å²) in [4.78, 5) is 2.41. The van der Waals surface area contributed by atoms with Crippen molar-refractivity contribution in [3.05, 3.63) is 182 Å². The lowest BCUT2D eigenvalue weighted by Gasteiger charge is -2.27. The molecule has 0 atom stereocenters. The molecule has 0 fully saturated rings. The molecule has 0 aliphatic carbocycles. The lowest BCUT2D eigenvalue weighted by atomic mass is 10.0. The van der Waals surface area contributed by atoms with Crippen LogP contribution in [0.2, 0.25) is 0 Å². The second-order valence-electron chi connectivity index (χ2n) is 12.6. The Bertz CT molecular complexity index is 2830. The van der Waals surface area contributed by atoms with Crippen LogP contribution in [0.25, 0.3) is 69.6 Å². The highest BCUT2D eigenvalue weighted by Crippen LogP contribution is 2.43. The van der Waals surface area contributed by atoms with Crippen LogP contribution < -0.4 is 4.90 Å². The highest BCUT2D eigenvalue weighted by molar-refractivity contribution is 7.25. The number of anilines is 3. The summed E-state index contributed by atoms with van der Waals surface area (Å²) >= 11 is 1.87. The highest BCUT2D eigenvalue weighted by Gasteiger charge is 2.19. The number of aromatic nitrogens is 1. The van der Waals surface area contributed by atoms with Crippen molar-refractivity contribution in [1.82, 2.24) is 4.57 Å². The summed E-state index contributed by atoms with van der Waals surface area (Å²) in [5, 5.41) is 7.62. The molecule has 0 radical (unpaired) electrons. The van der Waals surface area contributed by atoms with E-state index in [1.807, 2.05) is 11.3 Å². The normalized spacial score (nSPS) is 11.7. The van der Waals surface area contributed by atoms with Gasteiger partial charge in [-0.15, -0.1) is 11.3 Å². The van der Waals surface area contributed by atoms with Crippen molar-refractivity contribution in [1.29, 1.82) is 0 Å². The van der Waals surface area contributed by atoms with Gasteiger partial charge in [-0.3, -0.25) is 0 Å². The van der Waals surface area contributed by atoms with E-state index in [1.165, 1.54) is 63.9 Å². The molecule has 0 bridgehead atoms. The molecule has 8 aromatic carbocycles. The van der Waals surface area contributed by atoms with Crippen molar-refractivity contribution in [2.45, 2.75) is 0 Å². The van der Waals surface area contributed by atoms with Crippen molar-refractivity contribution in [3.63, 3.8) is 0 Å². The van der Waals surface area contributed by atoms with Gasteiger partial charge >= 0.3 is 0 Å². The standard InChI is InChI=1S/C46H30N2S/c1-3-12-31(13-4-1)32-14-11-17-36(26-32)47(37-23-22-33-29-46-42(28-34(33)27-37)41-19-8-10-21-45(41)49-46)38-24-25-40-39-18-7-9-20-43(39)48(44(40)30-38)35-15-5-2-6-16-35/h1-30H. The molecule has 2 nitrogen and oxygen atoms in total. The molecule has 0 aliphatic rings. The van der Waals surface area contributed by atoms with Crippen LogP contribution in [0, 0.1) is 0 Å². The van der Waals surface area contributed by atoms with E-state index in [2.05, 4.69) is 191 Å². The van der Waals surface area contributed by atoms with Crippen LogP contribution in [0.4, 0.5) is 17.1 Å². The summed E-state index contributed by atoms with van der Waals surface area (Å²) in [5.41, 5.74) is 9.28. The Hall–Kier alpha value is -6.16. The average Bonchev–Trinajstić information content (AvgIpc) is 3.69. The predicted octanol–water partition coefficient (Wildman–Crippen LogP) is 13.4. The van der Waals surface area contributed by atoms with Crippen molar-refractivity contribution in [2.75, 3.05) is 4.90 Å². The number of hydrogen-bond acceptors (Lipinski definition) is 2. The molecule has 230 valence electrons. The largest absolute Gasteiger partial charge is 0.310 e. The van der Waals surface area contributed by atoms with E-state index in [1.54, 1.807) is 0 Å². The van der Waals surface area contributed by atoms with E-state index in [-0.39, 0.29) is 0 Å². The molecule has 49 heavy (non-hydrogen) atoms. The molecule has 0 saturated carbocycles. The molecule has 0 N–H and O–H groups in total. The molecular formula is C46H30N2S. The number of para-hydroxylation sites is 2. The fourth-order valence-electron chi connectivity index (χ4n) is 7.45. The molecule has 0 saturated heterocycles. The second kappa shape index (κ2) is 11.2. The molecule has 0 unspecified atom stereocenters. The molecule has 2 heterocycles. The fraction of sp³-hybridized carbons (Fsp3) is 0. The topological polar surface area (TPSA) is 8.17 Å². The zero-order valence-corrected chi connectivity index (χ0v) is 27.4. The summed E-state index contributed by atoms with van der Waals surface area (Å²) in [6.07, 6.45) is 0. The number of benzene rings is 8. The van der Waals surface area contributed by atoms with Crippen molar-refractivity contribution >= 4 is 81.1 Å². The van der Waals surface area contributed by atoms with E-state index in [4.69, 9.17) is 0 Å². The Morgan fingerprint density at radius 1 is 0.367 bits per heavy atom. The first kappa shape index (κ1) is 27.9. The minimum absolute atomic E-state index is 1.11. The van der Waals surface area contributed by atoms with E-state index in [9.17, 15) is 0 Å². The lowest BCUT2D eigenvalue weighted by Crippen LogP contribution is -2.10. The SMILES string of the molecule is c1ccc(-c2cccc(N(c3ccc4cc5sc6ccccc6c5cc4c3)c3ccc4c5ccccc5n(-c5ccccc5)c4c3)c2)cc1. The maximum absolute atomic E-state index is 2.41. The first-order valence-corrected chi connectivity index (χ1v) is 17.5. The Morgan fingerprint density at radius 3 is 1.92 bits per heavy atom. The molecule has 0 aliphatic heterocycles. The van der Waals surface area contributed by atoms with Crippen LogP contribution in [0.15, 0.2) is 182 Å². The Kier molecular flexibility index (Phi) is 6.39. The smallest absolute Gasteiger partial charge is 0.0561 e. The van der Waals surface area contributed by atoms with Crippen LogP contribution in [-0.2, 0) is 0 Å². The van der Waals surface area contributed by atoms with Gasteiger partial charge in [-0.25, -0.2) is 0 Å².